The average Bonchev–Trinajstić information content (AvgIpc) is 2.74. The van der Waals surface area contributed by atoms with Crippen LogP contribution in [-0.4, -0.2) is 29.0 Å². The highest BCUT2D eigenvalue weighted by Gasteiger charge is 2.16. The van der Waals surface area contributed by atoms with Gasteiger partial charge >= 0.3 is 5.97 Å². The predicted molar refractivity (Wildman–Crippen MR) is 63.9 cm³/mol. The number of imidazole rings is 1. The number of rotatable bonds is 4. The van der Waals surface area contributed by atoms with Gasteiger partial charge in [0, 0.05) is 6.20 Å². The van der Waals surface area contributed by atoms with E-state index in [2.05, 4.69) is 10.3 Å². The van der Waals surface area contributed by atoms with Gasteiger partial charge in [-0.2, -0.15) is 0 Å². The Balaban J connectivity index is 2.50. The molecule has 5 nitrogen and oxygen atoms in total. The van der Waals surface area contributed by atoms with E-state index >= 15 is 0 Å². The minimum atomic E-state index is -0.406. The van der Waals surface area contributed by atoms with Gasteiger partial charge in [0.2, 0.25) is 0 Å². The number of nitrogens with one attached hydrogen (secondary N) is 1. The van der Waals surface area contributed by atoms with E-state index in [0.29, 0.717) is 12.2 Å². The molecule has 2 heterocycles. The molecule has 0 radical (unpaired) electrons. The number of nitrogens with zero attached hydrogens (tertiary/aromatic N) is 2. The molecule has 0 atom stereocenters. The summed E-state index contributed by atoms with van der Waals surface area (Å²) in [6.07, 6.45) is 1.89. The number of esters is 1. The van der Waals surface area contributed by atoms with Gasteiger partial charge in [0.1, 0.15) is 5.82 Å². The topological polar surface area (TPSA) is 55.6 Å². The van der Waals surface area contributed by atoms with Crippen LogP contribution in [0.25, 0.3) is 5.52 Å². The standard InChI is InChI=1S/C12H15N3O2/c1-3-13-8-10-14-11(12(16)17-2)9-6-4-5-7-15(9)10/h4-7,13H,3,8H2,1-2H3. The smallest absolute Gasteiger partial charge is 0.358 e. The summed E-state index contributed by atoms with van der Waals surface area (Å²) < 4.78 is 6.62. The fourth-order valence-corrected chi connectivity index (χ4v) is 1.71. The van der Waals surface area contributed by atoms with Crippen molar-refractivity contribution in [2.75, 3.05) is 13.7 Å². The molecule has 90 valence electrons. The molecule has 0 aliphatic rings. The van der Waals surface area contributed by atoms with Crippen LogP contribution in [0.4, 0.5) is 0 Å². The van der Waals surface area contributed by atoms with Crippen LogP contribution < -0.4 is 5.32 Å². The van der Waals surface area contributed by atoms with Gasteiger partial charge in [0.25, 0.3) is 0 Å². The van der Waals surface area contributed by atoms with Crippen molar-refractivity contribution in [3.8, 4) is 0 Å². The Morgan fingerprint density at radius 2 is 2.35 bits per heavy atom. The van der Waals surface area contributed by atoms with Crippen molar-refractivity contribution < 1.29 is 9.53 Å². The number of fused-ring (bicyclic) bond motifs is 1. The maximum Gasteiger partial charge on any atom is 0.358 e. The molecule has 0 saturated heterocycles. The Kier molecular flexibility index (Phi) is 3.39. The van der Waals surface area contributed by atoms with Crippen molar-refractivity contribution in [2.45, 2.75) is 13.5 Å². The molecule has 2 aromatic rings. The second-order valence-corrected chi connectivity index (χ2v) is 3.60. The number of pyridine rings is 1. The first-order chi connectivity index (χ1) is 8.27. The van der Waals surface area contributed by atoms with Crippen LogP contribution in [0.5, 0.6) is 0 Å². The molecule has 1 N–H and O–H groups in total. The number of methoxy groups -OCH3 is 1. The van der Waals surface area contributed by atoms with E-state index in [4.69, 9.17) is 4.74 Å². The number of hydrogen-bond acceptors (Lipinski definition) is 4. The third-order valence-corrected chi connectivity index (χ3v) is 2.53. The van der Waals surface area contributed by atoms with E-state index in [1.807, 2.05) is 35.7 Å². The fraction of sp³-hybridized carbons (Fsp3) is 0.333. The van der Waals surface area contributed by atoms with Crippen LogP contribution in [0.15, 0.2) is 24.4 Å². The van der Waals surface area contributed by atoms with Crippen LogP contribution in [0.3, 0.4) is 0 Å². The number of carbonyl (C=O) groups excluding carboxylic acids is 1. The number of carbonyl (C=O) groups is 1. The van der Waals surface area contributed by atoms with Gasteiger partial charge < -0.3 is 14.5 Å². The minimum Gasteiger partial charge on any atom is -0.464 e. The summed E-state index contributed by atoms with van der Waals surface area (Å²) in [5, 5.41) is 3.19. The summed E-state index contributed by atoms with van der Waals surface area (Å²) >= 11 is 0. The molecule has 2 rings (SSSR count). The Labute approximate surface area is 99.4 Å². The maximum atomic E-state index is 11.6. The van der Waals surface area contributed by atoms with Crippen molar-refractivity contribution in [1.82, 2.24) is 14.7 Å². The van der Waals surface area contributed by atoms with E-state index < -0.39 is 5.97 Å². The largest absolute Gasteiger partial charge is 0.464 e. The SMILES string of the molecule is CCNCc1nc(C(=O)OC)c2ccccn12. The third-order valence-electron chi connectivity index (χ3n) is 2.53. The second-order valence-electron chi connectivity index (χ2n) is 3.60. The molecule has 17 heavy (non-hydrogen) atoms. The molecule has 2 aromatic heterocycles. The van der Waals surface area contributed by atoms with Gasteiger partial charge in [-0.25, -0.2) is 9.78 Å². The lowest BCUT2D eigenvalue weighted by Gasteiger charge is -2.00. The van der Waals surface area contributed by atoms with E-state index in [9.17, 15) is 4.79 Å². The zero-order valence-corrected chi connectivity index (χ0v) is 9.93. The van der Waals surface area contributed by atoms with E-state index in [1.165, 1.54) is 7.11 Å². The van der Waals surface area contributed by atoms with E-state index in [1.54, 1.807) is 0 Å². The summed E-state index contributed by atoms with van der Waals surface area (Å²) in [6.45, 7) is 3.50. The molecule has 0 fully saturated rings. The summed E-state index contributed by atoms with van der Waals surface area (Å²) in [5.74, 6) is 0.402. The van der Waals surface area contributed by atoms with Crippen LogP contribution in [0.2, 0.25) is 0 Å². The molecule has 0 aliphatic carbocycles. The Bertz CT molecular complexity index is 534. The molecule has 0 spiro atoms. The highest BCUT2D eigenvalue weighted by atomic mass is 16.5. The number of hydrogen-bond donors (Lipinski definition) is 1. The molecule has 0 amide bonds. The highest BCUT2D eigenvalue weighted by molar-refractivity contribution is 5.95. The Morgan fingerprint density at radius 3 is 3.06 bits per heavy atom. The van der Waals surface area contributed by atoms with Crippen LogP contribution in [0, 0.1) is 0 Å². The third kappa shape index (κ3) is 2.14. The van der Waals surface area contributed by atoms with Crippen LogP contribution in [0.1, 0.15) is 23.2 Å². The molecule has 0 unspecified atom stereocenters. The lowest BCUT2D eigenvalue weighted by atomic mass is 10.3. The van der Waals surface area contributed by atoms with Gasteiger partial charge in [-0.15, -0.1) is 0 Å². The monoisotopic (exact) mass is 233 g/mol. The van der Waals surface area contributed by atoms with Crippen molar-refractivity contribution in [3.63, 3.8) is 0 Å². The summed E-state index contributed by atoms with van der Waals surface area (Å²) in [7, 11) is 1.36. The Morgan fingerprint density at radius 1 is 1.53 bits per heavy atom. The summed E-state index contributed by atoms with van der Waals surface area (Å²) in [5.41, 5.74) is 1.13. The van der Waals surface area contributed by atoms with E-state index in [0.717, 1.165) is 17.9 Å². The van der Waals surface area contributed by atoms with Crippen LogP contribution >= 0.6 is 0 Å². The number of ether oxygens (including phenoxy) is 1. The molecule has 5 heteroatoms. The van der Waals surface area contributed by atoms with Crippen molar-refractivity contribution in [1.29, 1.82) is 0 Å². The van der Waals surface area contributed by atoms with Crippen molar-refractivity contribution in [2.24, 2.45) is 0 Å². The lowest BCUT2D eigenvalue weighted by molar-refractivity contribution is 0.0597. The average molecular weight is 233 g/mol. The lowest BCUT2D eigenvalue weighted by Crippen LogP contribution is -2.14. The first-order valence-corrected chi connectivity index (χ1v) is 5.53. The molecular formula is C12H15N3O2. The maximum absolute atomic E-state index is 11.6. The zero-order valence-electron chi connectivity index (χ0n) is 9.93. The van der Waals surface area contributed by atoms with Gasteiger partial charge in [-0.05, 0) is 18.7 Å². The summed E-state index contributed by atoms with van der Waals surface area (Å²) in [4.78, 5) is 15.9. The predicted octanol–water partition coefficient (Wildman–Crippen LogP) is 1.23. The van der Waals surface area contributed by atoms with Gasteiger partial charge in [0.15, 0.2) is 5.69 Å². The number of aromatic nitrogens is 2. The Hall–Kier alpha value is -1.88. The first kappa shape index (κ1) is 11.6. The molecule has 0 aliphatic heterocycles. The molecule has 0 aromatic carbocycles. The zero-order chi connectivity index (χ0) is 12.3. The van der Waals surface area contributed by atoms with Gasteiger partial charge in [0.05, 0.1) is 19.2 Å². The van der Waals surface area contributed by atoms with Crippen molar-refractivity contribution >= 4 is 11.5 Å². The van der Waals surface area contributed by atoms with Gasteiger partial charge in [-0.1, -0.05) is 13.0 Å². The fourth-order valence-electron chi connectivity index (χ4n) is 1.71. The van der Waals surface area contributed by atoms with E-state index in [-0.39, 0.29) is 0 Å². The second kappa shape index (κ2) is 4.97. The minimum absolute atomic E-state index is 0.362. The highest BCUT2D eigenvalue weighted by Crippen LogP contribution is 2.13. The van der Waals surface area contributed by atoms with Crippen molar-refractivity contribution in [3.05, 3.63) is 35.9 Å². The molecule has 0 bridgehead atoms. The summed E-state index contributed by atoms with van der Waals surface area (Å²) in [6, 6.07) is 5.64. The first-order valence-electron chi connectivity index (χ1n) is 5.53. The van der Waals surface area contributed by atoms with Crippen LogP contribution in [-0.2, 0) is 11.3 Å². The molecular weight excluding hydrogens is 218 g/mol. The molecule has 0 saturated carbocycles. The van der Waals surface area contributed by atoms with Gasteiger partial charge in [-0.3, -0.25) is 0 Å². The normalized spacial score (nSPS) is 10.7. The quantitative estimate of drug-likeness (QED) is 0.807.